The molecule has 8 heteroatoms. The van der Waals surface area contributed by atoms with E-state index < -0.39 is 29.6 Å². The van der Waals surface area contributed by atoms with Gasteiger partial charge in [0.1, 0.15) is 5.92 Å². The minimum atomic E-state index is -1.17. The quantitative estimate of drug-likeness (QED) is 0.514. The second kappa shape index (κ2) is 8.70. The Bertz CT molecular complexity index is 916. The summed E-state index contributed by atoms with van der Waals surface area (Å²) in [6.45, 7) is 9.58. The van der Waals surface area contributed by atoms with E-state index in [-0.39, 0.29) is 30.1 Å². The monoisotopic (exact) mass is 404 g/mol. The molecule has 1 aliphatic heterocycles. The van der Waals surface area contributed by atoms with Crippen LogP contribution in [-0.2, 0) is 14.3 Å². The van der Waals surface area contributed by atoms with Gasteiger partial charge in [0.25, 0.3) is 6.04 Å². The summed E-state index contributed by atoms with van der Waals surface area (Å²) in [4.78, 5) is 21.0. The van der Waals surface area contributed by atoms with E-state index in [1.807, 2.05) is 0 Å². The first-order valence-electron chi connectivity index (χ1n) is 9.25. The summed E-state index contributed by atoms with van der Waals surface area (Å²) in [6.07, 6.45) is 2.00. The number of rotatable bonds is 7. The molecule has 6 nitrogen and oxygen atoms in total. The maximum absolute atomic E-state index is 14.4. The molecule has 0 N–H and O–H groups in total. The third-order valence-electron chi connectivity index (χ3n) is 5.08. The molecule has 0 saturated heterocycles. The lowest BCUT2D eigenvalue weighted by Crippen LogP contribution is -2.34. The third-order valence-corrected chi connectivity index (χ3v) is 5.08. The van der Waals surface area contributed by atoms with Crippen LogP contribution in [0.2, 0.25) is 0 Å². The van der Waals surface area contributed by atoms with E-state index in [0.717, 1.165) is 18.9 Å². The number of benzene rings is 1. The van der Waals surface area contributed by atoms with Gasteiger partial charge in [0.05, 0.1) is 37.3 Å². The highest BCUT2D eigenvalue weighted by Crippen LogP contribution is 2.43. The maximum atomic E-state index is 14.4. The molecule has 3 rings (SSSR count). The number of hydrogen-bond donors (Lipinski definition) is 0. The lowest BCUT2D eigenvalue weighted by Gasteiger charge is -2.28. The summed E-state index contributed by atoms with van der Waals surface area (Å²) in [6, 6.07) is 1.40. The molecule has 1 aliphatic carbocycles. The molecule has 154 valence electrons. The smallest absolute Gasteiger partial charge is 0.336 e. The van der Waals surface area contributed by atoms with Crippen molar-refractivity contribution in [3.8, 4) is 5.75 Å². The molecule has 2 aliphatic rings. The summed E-state index contributed by atoms with van der Waals surface area (Å²) in [5.41, 5.74) is 1.06. The van der Waals surface area contributed by atoms with Crippen molar-refractivity contribution in [3.63, 3.8) is 0 Å². The summed E-state index contributed by atoms with van der Waals surface area (Å²) < 4.78 is 43.9. The zero-order valence-electron chi connectivity index (χ0n) is 16.5. The van der Waals surface area contributed by atoms with Gasteiger partial charge in [-0.1, -0.05) is 6.07 Å². The van der Waals surface area contributed by atoms with Crippen LogP contribution in [0.4, 0.5) is 8.78 Å². The van der Waals surface area contributed by atoms with Gasteiger partial charge >= 0.3 is 5.97 Å². The number of hydrogen-bond acceptors (Lipinski definition) is 5. The zero-order valence-corrected chi connectivity index (χ0v) is 16.5. The van der Waals surface area contributed by atoms with Crippen molar-refractivity contribution in [1.29, 1.82) is 0 Å². The fourth-order valence-corrected chi connectivity index (χ4v) is 3.46. The van der Waals surface area contributed by atoms with Crippen LogP contribution in [0.1, 0.15) is 31.2 Å². The molecule has 29 heavy (non-hydrogen) atoms. The van der Waals surface area contributed by atoms with Crippen LogP contribution < -0.4 is 4.74 Å². The number of halogens is 2. The fourth-order valence-electron chi connectivity index (χ4n) is 3.46. The number of carbonyl (C=O) groups is 1. The predicted octanol–water partition coefficient (Wildman–Crippen LogP) is 3.67. The van der Waals surface area contributed by atoms with Crippen molar-refractivity contribution < 1.29 is 27.8 Å². The van der Waals surface area contributed by atoms with Crippen molar-refractivity contribution in [2.24, 2.45) is 10.9 Å². The first-order valence-corrected chi connectivity index (χ1v) is 9.25. The first-order chi connectivity index (χ1) is 13.9. The number of ether oxygens (including phenoxy) is 3. The van der Waals surface area contributed by atoms with Crippen LogP contribution in [0.25, 0.3) is 4.85 Å². The molecular weight excluding hydrogens is 382 g/mol. The Morgan fingerprint density at radius 3 is 2.62 bits per heavy atom. The second-order valence-corrected chi connectivity index (χ2v) is 7.12. The maximum Gasteiger partial charge on any atom is 0.336 e. The van der Waals surface area contributed by atoms with Gasteiger partial charge in [0.15, 0.2) is 11.6 Å². The number of nitrogens with zero attached hydrogens (tertiary/aromatic N) is 2. The molecule has 0 aromatic heterocycles. The molecule has 1 saturated carbocycles. The Balaban J connectivity index is 2.16. The Morgan fingerprint density at radius 1 is 1.31 bits per heavy atom. The second-order valence-electron chi connectivity index (χ2n) is 7.12. The Morgan fingerprint density at radius 2 is 2.03 bits per heavy atom. The first kappa shape index (κ1) is 20.9. The van der Waals surface area contributed by atoms with Crippen LogP contribution in [0.5, 0.6) is 5.75 Å². The van der Waals surface area contributed by atoms with E-state index in [0.29, 0.717) is 17.3 Å². The summed E-state index contributed by atoms with van der Waals surface area (Å²) in [7, 11) is 2.67. The lowest BCUT2D eigenvalue weighted by atomic mass is 9.79. The topological polar surface area (TPSA) is 61.5 Å². The van der Waals surface area contributed by atoms with E-state index in [1.54, 1.807) is 6.92 Å². The van der Waals surface area contributed by atoms with Crippen LogP contribution in [-0.4, -0.2) is 45.2 Å². The van der Waals surface area contributed by atoms with Gasteiger partial charge in [-0.2, -0.15) is 4.39 Å². The van der Waals surface area contributed by atoms with Crippen molar-refractivity contribution in [2.45, 2.75) is 31.7 Å². The van der Waals surface area contributed by atoms with E-state index in [4.69, 9.17) is 20.8 Å². The molecule has 2 unspecified atom stereocenters. The van der Waals surface area contributed by atoms with Gasteiger partial charge in [0.2, 0.25) is 5.82 Å². The highest BCUT2D eigenvalue weighted by Gasteiger charge is 2.45. The van der Waals surface area contributed by atoms with Gasteiger partial charge in [0, 0.05) is 12.7 Å². The fraction of sp³-hybridized carbons (Fsp3) is 0.476. The number of aliphatic imine (C=N–C) groups is 1. The Kier molecular flexibility index (Phi) is 6.28. The molecule has 1 aromatic rings. The largest absolute Gasteiger partial charge is 0.493 e. The summed E-state index contributed by atoms with van der Waals surface area (Å²) in [5.74, 6) is -3.81. The van der Waals surface area contributed by atoms with Crippen molar-refractivity contribution in [1.82, 2.24) is 0 Å². The minimum Gasteiger partial charge on any atom is -0.493 e. The average molecular weight is 404 g/mol. The van der Waals surface area contributed by atoms with Crippen molar-refractivity contribution in [2.75, 3.05) is 27.4 Å². The number of methoxy groups -OCH3 is 2. The van der Waals surface area contributed by atoms with Gasteiger partial charge in [-0.25, -0.2) is 15.8 Å². The lowest BCUT2D eigenvalue weighted by molar-refractivity contribution is -0.140. The van der Waals surface area contributed by atoms with Gasteiger partial charge in [-0.15, -0.1) is 0 Å². The molecule has 0 bridgehead atoms. The average Bonchev–Trinajstić information content (AvgIpc) is 3.52. The van der Waals surface area contributed by atoms with Crippen LogP contribution in [0.15, 0.2) is 28.4 Å². The third kappa shape index (κ3) is 4.15. The van der Waals surface area contributed by atoms with Gasteiger partial charge in [-0.05, 0) is 31.7 Å². The summed E-state index contributed by atoms with van der Waals surface area (Å²) in [5, 5.41) is 0. The molecule has 1 fully saturated rings. The minimum absolute atomic E-state index is 0.0123. The van der Waals surface area contributed by atoms with Crippen LogP contribution >= 0.6 is 0 Å². The molecule has 0 radical (unpaired) electrons. The SMILES string of the molecule is [C-]#[N+]C1C(C)=NC(COC)=C(C(=O)OCC2CC2)C1c1ccc(F)c(F)c1OC. The highest BCUT2D eigenvalue weighted by molar-refractivity contribution is 6.00. The Hall–Kier alpha value is -2.79. The van der Waals surface area contributed by atoms with Gasteiger partial charge < -0.3 is 19.1 Å². The standard InChI is InChI=1S/C21H22F2N2O4/c1-11-19(24-2)16(13-7-8-14(22)18(23)20(13)28-4)17(15(25-11)10-27-3)21(26)29-9-12-5-6-12/h7-8,12,16,19H,5-6,9-10H2,1,3-4H3. The summed E-state index contributed by atoms with van der Waals surface area (Å²) >= 11 is 0. The van der Waals surface area contributed by atoms with Crippen molar-refractivity contribution >= 4 is 11.7 Å². The van der Waals surface area contributed by atoms with E-state index >= 15 is 0 Å². The molecular formula is C21H22F2N2O4. The van der Waals surface area contributed by atoms with E-state index in [2.05, 4.69) is 9.84 Å². The zero-order chi connectivity index (χ0) is 21.1. The normalized spacial score (nSPS) is 21.4. The molecule has 0 spiro atoms. The van der Waals surface area contributed by atoms with Crippen LogP contribution in [0.3, 0.4) is 0 Å². The van der Waals surface area contributed by atoms with Crippen LogP contribution in [0, 0.1) is 24.1 Å². The highest BCUT2D eigenvalue weighted by atomic mass is 19.2. The van der Waals surface area contributed by atoms with Crippen molar-refractivity contribution in [3.05, 3.63) is 52.0 Å². The van der Waals surface area contributed by atoms with E-state index in [1.165, 1.54) is 20.3 Å². The number of esters is 1. The molecule has 2 atom stereocenters. The molecule has 1 aromatic carbocycles. The van der Waals surface area contributed by atoms with E-state index in [9.17, 15) is 13.6 Å². The van der Waals surface area contributed by atoms with Gasteiger partial charge in [-0.3, -0.25) is 4.99 Å². The number of carbonyl (C=O) groups excluding carboxylic acids is 1. The predicted molar refractivity (Wildman–Crippen MR) is 102 cm³/mol. The molecule has 0 amide bonds. The molecule has 1 heterocycles. The Labute approximate surface area is 168 Å².